The van der Waals surface area contributed by atoms with Gasteiger partial charge in [-0.15, -0.1) is 0 Å². The number of pyridine rings is 1. The molecule has 2 unspecified atom stereocenters. The Bertz CT molecular complexity index is 974. The van der Waals surface area contributed by atoms with Crippen molar-refractivity contribution in [3.63, 3.8) is 0 Å². The molecule has 2 rings (SSSR count). The molecule has 0 saturated carbocycles. The first-order chi connectivity index (χ1) is 15.2. The molecule has 174 valence electrons. The predicted molar refractivity (Wildman–Crippen MR) is 109 cm³/mol. The molecule has 0 amide bonds. The van der Waals surface area contributed by atoms with Gasteiger partial charge in [0.1, 0.15) is 19.5 Å². The molecule has 11 heteroatoms. The first-order valence-corrected chi connectivity index (χ1v) is 9.72. The normalized spacial score (nSPS) is 16.9. The quantitative estimate of drug-likeness (QED) is 0.449. The minimum Gasteiger partial charge on any atom is -0.466 e. The Labute approximate surface area is 183 Å². The van der Waals surface area contributed by atoms with Crippen molar-refractivity contribution >= 4 is 23.6 Å². The number of nitrogens with one attached hydrogen (secondary N) is 1. The molecule has 0 bridgehead atoms. The SMILES string of the molecule is CCOC(=O)C1=C(COC(C)=O)NC(CF)=C(C(=O)OC)C1c1cncc(N)c1C(C)F. The predicted octanol–water partition coefficient (Wildman–Crippen LogP) is 2.16. The average molecular weight is 453 g/mol. The summed E-state index contributed by atoms with van der Waals surface area (Å²) >= 11 is 0. The van der Waals surface area contributed by atoms with Gasteiger partial charge < -0.3 is 25.3 Å². The number of nitrogens with two attached hydrogens (primary N) is 1. The maximum absolute atomic E-state index is 14.6. The number of dihydropyridines is 1. The van der Waals surface area contributed by atoms with Crippen LogP contribution in [0.4, 0.5) is 14.5 Å². The lowest BCUT2D eigenvalue weighted by Gasteiger charge is -2.32. The molecule has 32 heavy (non-hydrogen) atoms. The zero-order valence-electron chi connectivity index (χ0n) is 18.2. The van der Waals surface area contributed by atoms with Gasteiger partial charge in [0.25, 0.3) is 0 Å². The lowest BCUT2D eigenvalue weighted by molar-refractivity contribution is -0.142. The molecule has 2 heterocycles. The fourth-order valence-corrected chi connectivity index (χ4v) is 3.51. The summed E-state index contributed by atoms with van der Waals surface area (Å²) in [7, 11) is 1.08. The number of anilines is 1. The standard InChI is InChI=1S/C21H25F2N3O6/c1-5-31-21(29)19-15(9-32-11(3)27)26-14(6-22)18(20(28)30-4)17(19)12-7-25-8-13(24)16(12)10(2)23/h7-8,10,17,26H,5-6,9,24H2,1-4H3. The number of hydrogen-bond donors (Lipinski definition) is 2. The van der Waals surface area contributed by atoms with E-state index in [1.54, 1.807) is 6.92 Å². The Morgan fingerprint density at radius 1 is 1.19 bits per heavy atom. The summed E-state index contributed by atoms with van der Waals surface area (Å²) in [6, 6.07) is 0. The molecule has 1 aliphatic heterocycles. The third kappa shape index (κ3) is 5.04. The zero-order chi connectivity index (χ0) is 24.0. The first-order valence-electron chi connectivity index (χ1n) is 9.72. The van der Waals surface area contributed by atoms with E-state index >= 15 is 0 Å². The van der Waals surface area contributed by atoms with E-state index in [-0.39, 0.29) is 46.0 Å². The van der Waals surface area contributed by atoms with E-state index in [9.17, 15) is 23.2 Å². The lowest BCUT2D eigenvalue weighted by Crippen LogP contribution is -2.36. The van der Waals surface area contributed by atoms with Gasteiger partial charge in [0.05, 0.1) is 54.1 Å². The number of halogens is 2. The summed E-state index contributed by atoms with van der Waals surface area (Å²) in [5, 5.41) is 2.64. The number of alkyl halides is 2. The van der Waals surface area contributed by atoms with Crippen molar-refractivity contribution < 1.29 is 37.4 Å². The highest BCUT2D eigenvalue weighted by molar-refractivity contribution is 6.00. The zero-order valence-corrected chi connectivity index (χ0v) is 18.2. The number of allylic oxidation sites excluding steroid dienone is 1. The van der Waals surface area contributed by atoms with E-state index < -0.39 is 43.3 Å². The second kappa shape index (κ2) is 10.7. The summed E-state index contributed by atoms with van der Waals surface area (Å²) in [4.78, 5) is 41.0. The van der Waals surface area contributed by atoms with Crippen molar-refractivity contribution in [1.29, 1.82) is 0 Å². The largest absolute Gasteiger partial charge is 0.466 e. The van der Waals surface area contributed by atoms with Gasteiger partial charge in [-0.25, -0.2) is 18.4 Å². The summed E-state index contributed by atoms with van der Waals surface area (Å²) < 4.78 is 43.6. The molecule has 0 radical (unpaired) electrons. The van der Waals surface area contributed by atoms with E-state index in [0.717, 1.165) is 14.0 Å². The lowest BCUT2D eigenvalue weighted by atomic mass is 9.78. The Balaban J connectivity index is 2.90. The van der Waals surface area contributed by atoms with Gasteiger partial charge >= 0.3 is 17.9 Å². The number of carbonyl (C=O) groups excluding carboxylic acids is 3. The molecule has 3 N–H and O–H groups in total. The molecule has 0 saturated heterocycles. The van der Waals surface area contributed by atoms with Crippen molar-refractivity contribution in [2.75, 3.05) is 32.7 Å². The fourth-order valence-electron chi connectivity index (χ4n) is 3.51. The Hall–Kier alpha value is -3.50. The first kappa shape index (κ1) is 24.8. The molecular weight excluding hydrogens is 428 g/mol. The van der Waals surface area contributed by atoms with Gasteiger partial charge in [-0.3, -0.25) is 9.78 Å². The van der Waals surface area contributed by atoms with Crippen molar-refractivity contribution in [2.45, 2.75) is 32.9 Å². The van der Waals surface area contributed by atoms with E-state index in [4.69, 9.17) is 19.9 Å². The second-order valence-electron chi connectivity index (χ2n) is 6.82. The molecular formula is C21H25F2N3O6. The maximum Gasteiger partial charge on any atom is 0.336 e. The second-order valence-corrected chi connectivity index (χ2v) is 6.82. The van der Waals surface area contributed by atoms with Crippen LogP contribution in [0.25, 0.3) is 0 Å². The van der Waals surface area contributed by atoms with Crippen molar-refractivity contribution in [3.8, 4) is 0 Å². The maximum atomic E-state index is 14.6. The Kier molecular flexibility index (Phi) is 8.27. The molecule has 1 aromatic heterocycles. The average Bonchev–Trinajstić information content (AvgIpc) is 2.75. The molecule has 2 atom stereocenters. The van der Waals surface area contributed by atoms with Crippen LogP contribution in [-0.2, 0) is 28.6 Å². The van der Waals surface area contributed by atoms with E-state index in [1.165, 1.54) is 19.3 Å². The number of hydrogen-bond acceptors (Lipinski definition) is 9. The third-order valence-electron chi connectivity index (χ3n) is 4.74. The van der Waals surface area contributed by atoms with Crippen LogP contribution in [0.15, 0.2) is 34.9 Å². The van der Waals surface area contributed by atoms with Crippen LogP contribution in [0.3, 0.4) is 0 Å². The van der Waals surface area contributed by atoms with Gasteiger partial charge in [0, 0.05) is 18.7 Å². The molecule has 0 aromatic carbocycles. The summed E-state index contributed by atoms with van der Waals surface area (Å²) in [5.74, 6) is -3.84. The van der Waals surface area contributed by atoms with Crippen LogP contribution >= 0.6 is 0 Å². The van der Waals surface area contributed by atoms with Crippen molar-refractivity contribution in [2.24, 2.45) is 0 Å². The molecule has 1 aliphatic rings. The number of carbonyl (C=O) groups is 3. The van der Waals surface area contributed by atoms with Crippen LogP contribution in [0.2, 0.25) is 0 Å². The van der Waals surface area contributed by atoms with Crippen LogP contribution < -0.4 is 11.1 Å². The molecule has 0 fully saturated rings. The summed E-state index contributed by atoms with van der Waals surface area (Å²) in [6.07, 6.45) is 0.844. The highest BCUT2D eigenvalue weighted by atomic mass is 19.1. The highest BCUT2D eigenvalue weighted by Gasteiger charge is 2.42. The van der Waals surface area contributed by atoms with E-state index in [1.807, 2.05) is 0 Å². The van der Waals surface area contributed by atoms with E-state index in [2.05, 4.69) is 10.3 Å². The topological polar surface area (TPSA) is 130 Å². The Morgan fingerprint density at radius 2 is 1.84 bits per heavy atom. The number of nitrogens with zero attached hydrogens (tertiary/aromatic N) is 1. The molecule has 1 aromatic rings. The van der Waals surface area contributed by atoms with Crippen LogP contribution in [0.5, 0.6) is 0 Å². The highest BCUT2D eigenvalue weighted by Crippen LogP contribution is 2.43. The van der Waals surface area contributed by atoms with Crippen molar-refractivity contribution in [3.05, 3.63) is 46.1 Å². The van der Waals surface area contributed by atoms with Crippen LogP contribution in [-0.4, -0.2) is 49.9 Å². The number of rotatable bonds is 8. The summed E-state index contributed by atoms with van der Waals surface area (Å²) in [6.45, 7) is 2.31. The number of methoxy groups -OCH3 is 1. The van der Waals surface area contributed by atoms with Gasteiger partial charge in [0.2, 0.25) is 0 Å². The Morgan fingerprint density at radius 3 is 2.38 bits per heavy atom. The minimum absolute atomic E-state index is 0.0215. The molecule has 0 aliphatic carbocycles. The minimum atomic E-state index is -1.61. The number of nitrogen functional groups attached to an aromatic ring is 1. The number of esters is 3. The van der Waals surface area contributed by atoms with Crippen LogP contribution in [0.1, 0.15) is 44.0 Å². The van der Waals surface area contributed by atoms with Crippen molar-refractivity contribution in [1.82, 2.24) is 10.3 Å². The summed E-state index contributed by atoms with van der Waals surface area (Å²) in [5.41, 5.74) is 5.22. The van der Waals surface area contributed by atoms with Gasteiger partial charge in [-0.1, -0.05) is 0 Å². The smallest absolute Gasteiger partial charge is 0.336 e. The van der Waals surface area contributed by atoms with Crippen LogP contribution in [0, 0.1) is 0 Å². The van der Waals surface area contributed by atoms with Gasteiger partial charge in [0.15, 0.2) is 0 Å². The number of ether oxygens (including phenoxy) is 3. The van der Waals surface area contributed by atoms with Gasteiger partial charge in [-0.2, -0.15) is 0 Å². The number of aromatic nitrogens is 1. The molecule has 9 nitrogen and oxygen atoms in total. The monoisotopic (exact) mass is 453 g/mol. The third-order valence-corrected chi connectivity index (χ3v) is 4.74. The van der Waals surface area contributed by atoms with Gasteiger partial charge in [-0.05, 0) is 19.4 Å². The van der Waals surface area contributed by atoms with E-state index in [0.29, 0.717) is 0 Å². The molecule has 0 spiro atoms. The fraction of sp³-hybridized carbons (Fsp3) is 0.429.